The first-order chi connectivity index (χ1) is 23.7. The van der Waals surface area contributed by atoms with Gasteiger partial charge in [0.25, 0.3) is 5.56 Å². The second-order valence-electron chi connectivity index (χ2n) is 13.2. The predicted octanol–water partition coefficient (Wildman–Crippen LogP) is 2.80. The normalized spacial score (nSPS) is 23.7. The number of hydrogen-bond donors (Lipinski definition) is 3. The molecule has 2 aromatic carbocycles. The molecule has 2 bridgehead atoms. The molecule has 4 N–H and O–H groups in total. The molecule has 4 unspecified atom stereocenters. The zero-order valence-corrected chi connectivity index (χ0v) is 29.8. The van der Waals surface area contributed by atoms with Crippen molar-refractivity contribution >= 4 is 21.7 Å². The summed E-state index contributed by atoms with van der Waals surface area (Å²) >= 11 is 3.52. The number of likely N-dealkylation sites (N-methyl/N-ethyl adjacent to an activating group) is 1. The molecule has 3 saturated heterocycles. The first-order valence-electron chi connectivity index (χ1n) is 17.1. The quantitative estimate of drug-likeness (QED) is 0.333. The van der Waals surface area contributed by atoms with Gasteiger partial charge in [-0.15, -0.1) is 0 Å². The molecule has 0 radical (unpaired) electrons. The van der Waals surface area contributed by atoms with Crippen LogP contribution in [0.3, 0.4) is 0 Å². The van der Waals surface area contributed by atoms with Crippen LogP contribution >= 0.6 is 15.9 Å². The second-order valence-corrected chi connectivity index (χ2v) is 14.1. The Morgan fingerprint density at radius 1 is 1.04 bits per heavy atom. The minimum atomic E-state index is -0.313. The summed E-state index contributed by atoms with van der Waals surface area (Å²) in [5.74, 6) is 1.77. The number of piperidine rings is 1. The van der Waals surface area contributed by atoms with Gasteiger partial charge in [0.1, 0.15) is 17.9 Å². The first-order valence-corrected chi connectivity index (χ1v) is 17.9. The molecular weight excluding hydrogens is 686 g/mol. The molecule has 13 heteroatoms. The van der Waals surface area contributed by atoms with E-state index in [2.05, 4.69) is 55.6 Å². The molecule has 4 atom stereocenters. The summed E-state index contributed by atoms with van der Waals surface area (Å²) in [7, 11) is 3.58. The molecule has 3 aromatic rings. The fourth-order valence-corrected chi connectivity index (χ4v) is 7.27. The van der Waals surface area contributed by atoms with Gasteiger partial charge in [-0.05, 0) is 68.6 Å². The molecule has 49 heavy (non-hydrogen) atoms. The van der Waals surface area contributed by atoms with Gasteiger partial charge in [0.15, 0.2) is 6.35 Å². The van der Waals surface area contributed by atoms with E-state index in [4.69, 9.17) is 10.5 Å². The van der Waals surface area contributed by atoms with E-state index < -0.39 is 0 Å². The zero-order valence-electron chi connectivity index (χ0n) is 28.2. The van der Waals surface area contributed by atoms with Gasteiger partial charge in [-0.2, -0.15) is 5.26 Å². The Morgan fingerprint density at radius 2 is 1.82 bits per heavy atom. The number of nitrogens with zero attached hydrogens (tertiary/aromatic N) is 6. The third kappa shape index (κ3) is 7.95. The maximum atomic E-state index is 12.7. The Hall–Kier alpha value is -3.93. The van der Waals surface area contributed by atoms with Crippen LogP contribution in [0.2, 0.25) is 0 Å². The van der Waals surface area contributed by atoms with Crippen molar-refractivity contribution < 1.29 is 4.74 Å². The molecule has 0 amide bonds. The van der Waals surface area contributed by atoms with Gasteiger partial charge in [0.05, 0.1) is 18.2 Å². The average molecular weight is 733 g/mol. The van der Waals surface area contributed by atoms with Gasteiger partial charge in [-0.25, -0.2) is 9.69 Å². The molecule has 12 nitrogen and oxygen atoms in total. The Labute approximate surface area is 295 Å². The average Bonchev–Trinajstić information content (AvgIpc) is 3.38. The van der Waals surface area contributed by atoms with Crippen molar-refractivity contribution in [3.05, 3.63) is 108 Å². The predicted molar refractivity (Wildman–Crippen MR) is 193 cm³/mol. The summed E-state index contributed by atoms with van der Waals surface area (Å²) in [5, 5.41) is 16.6. The van der Waals surface area contributed by atoms with E-state index in [9.17, 15) is 14.9 Å². The summed E-state index contributed by atoms with van der Waals surface area (Å²) in [6, 6.07) is 19.9. The topological polar surface area (TPSA) is 137 Å². The Kier molecular flexibility index (Phi) is 11.2. The molecule has 5 aliphatic rings. The highest BCUT2D eigenvalue weighted by Crippen LogP contribution is 2.34. The highest BCUT2D eigenvalue weighted by atomic mass is 79.9. The molecule has 6 heterocycles. The van der Waals surface area contributed by atoms with Crippen molar-refractivity contribution in [3.63, 3.8) is 0 Å². The van der Waals surface area contributed by atoms with Crippen molar-refractivity contribution in [1.29, 1.82) is 5.26 Å². The Bertz CT molecular complexity index is 1810. The number of ether oxygens (including phenoxy) is 1. The third-order valence-electron chi connectivity index (χ3n) is 9.71. The molecule has 0 aliphatic carbocycles. The minimum Gasteiger partial charge on any atom is -0.368 e. The Morgan fingerprint density at radius 3 is 2.57 bits per heavy atom. The van der Waals surface area contributed by atoms with E-state index in [-0.39, 0.29) is 29.9 Å². The summed E-state index contributed by atoms with van der Waals surface area (Å²) in [4.78, 5) is 31.3. The maximum absolute atomic E-state index is 12.7. The lowest BCUT2D eigenvalue weighted by Crippen LogP contribution is -2.67. The van der Waals surface area contributed by atoms with Gasteiger partial charge in [-0.1, -0.05) is 58.7 Å². The van der Waals surface area contributed by atoms with Gasteiger partial charge >= 0.3 is 5.69 Å². The third-order valence-corrected chi connectivity index (χ3v) is 10.5. The number of benzene rings is 2. The lowest BCUT2D eigenvalue weighted by Gasteiger charge is -2.55. The standard InChI is InChI=1S/C19H25N5O.C17H21BrN4O2/c1-23-18-10-17(22-16-8-4-5-9-21-12-16)24(19(23)25-18)13-15-7-3-2-6-14(15)11-20;1-20-16(23)9-15(21-8-4-6-13(19)11-21)22(17(20)24)10-12-5-2-3-7-14(12)18/h2-3,6-7,10,16,18-19,21-22H,4-5,8-9,12-13H2,1H3;2-3,5,7,9,13H,4,6,8,10-11,19H2,1H3. The second kappa shape index (κ2) is 15.7. The van der Waals surface area contributed by atoms with Crippen LogP contribution in [-0.4, -0.2) is 76.8 Å². The molecule has 0 spiro atoms. The number of fused-ring (bicyclic) bond motifs is 1. The van der Waals surface area contributed by atoms with E-state index in [0.29, 0.717) is 31.5 Å². The van der Waals surface area contributed by atoms with E-state index in [1.807, 2.05) is 53.4 Å². The summed E-state index contributed by atoms with van der Waals surface area (Å²) in [6.45, 7) is 4.61. The minimum absolute atomic E-state index is 0.0497. The number of nitriles is 1. The summed E-state index contributed by atoms with van der Waals surface area (Å²) in [5.41, 5.74) is 8.21. The molecule has 260 valence electrons. The lowest BCUT2D eigenvalue weighted by molar-refractivity contribution is -0.319. The molecular formula is C36H46BrN9O3. The fourth-order valence-electron chi connectivity index (χ4n) is 6.86. The SMILES string of the molecule is CN1C2C=C(NC3CCCCNC3)N(Cc3ccccc3C#N)C1O2.Cn1c(=O)cc(N2CCCC(N)C2)n(Cc2ccccc2Br)c1=O. The lowest BCUT2D eigenvalue weighted by atomic mass is 10.1. The van der Waals surface area contributed by atoms with Crippen LogP contribution in [-0.2, 0) is 24.9 Å². The van der Waals surface area contributed by atoms with Crippen LogP contribution in [0.1, 0.15) is 48.8 Å². The molecule has 5 aliphatic heterocycles. The van der Waals surface area contributed by atoms with Gasteiger partial charge in [-0.3, -0.25) is 13.9 Å². The zero-order chi connectivity index (χ0) is 34.5. The number of halogens is 1. The molecule has 3 fully saturated rings. The van der Waals surface area contributed by atoms with Crippen LogP contribution in [0.5, 0.6) is 0 Å². The van der Waals surface area contributed by atoms with Gasteiger partial charge in [0.2, 0.25) is 0 Å². The number of aromatic nitrogens is 2. The number of hydrogen-bond acceptors (Lipinski definition) is 10. The van der Waals surface area contributed by atoms with Crippen LogP contribution in [0, 0.1) is 11.3 Å². The van der Waals surface area contributed by atoms with Crippen molar-refractivity contribution in [1.82, 2.24) is 29.6 Å². The summed E-state index contributed by atoms with van der Waals surface area (Å²) in [6.07, 6.45) is 7.73. The highest BCUT2D eigenvalue weighted by molar-refractivity contribution is 9.10. The van der Waals surface area contributed by atoms with E-state index in [1.54, 1.807) is 4.57 Å². The van der Waals surface area contributed by atoms with Crippen molar-refractivity contribution in [2.75, 3.05) is 38.1 Å². The number of rotatable bonds is 7. The highest BCUT2D eigenvalue weighted by Gasteiger charge is 2.45. The van der Waals surface area contributed by atoms with Crippen molar-refractivity contribution in [3.8, 4) is 6.07 Å². The van der Waals surface area contributed by atoms with Crippen molar-refractivity contribution in [2.24, 2.45) is 12.8 Å². The van der Waals surface area contributed by atoms with E-state index in [0.717, 1.165) is 64.0 Å². The fraction of sp³-hybridized carbons (Fsp3) is 0.472. The van der Waals surface area contributed by atoms with Crippen LogP contribution in [0.25, 0.3) is 0 Å². The van der Waals surface area contributed by atoms with E-state index >= 15 is 0 Å². The monoisotopic (exact) mass is 731 g/mol. The van der Waals surface area contributed by atoms with Gasteiger partial charge < -0.3 is 30.9 Å². The largest absolute Gasteiger partial charge is 0.368 e. The number of nitrogens with one attached hydrogen (secondary N) is 2. The molecule has 0 saturated carbocycles. The van der Waals surface area contributed by atoms with Crippen LogP contribution in [0.4, 0.5) is 5.82 Å². The smallest absolute Gasteiger partial charge is 0.332 e. The summed E-state index contributed by atoms with van der Waals surface area (Å²) < 4.78 is 9.66. The van der Waals surface area contributed by atoms with Crippen LogP contribution < -0.4 is 32.5 Å². The first kappa shape index (κ1) is 34.9. The van der Waals surface area contributed by atoms with Gasteiger partial charge in [0, 0.05) is 55.8 Å². The van der Waals surface area contributed by atoms with Crippen molar-refractivity contribution in [2.45, 2.75) is 69.9 Å². The molecule has 8 rings (SSSR count). The number of nitrogens with two attached hydrogens (primary N) is 1. The number of anilines is 1. The van der Waals surface area contributed by atoms with E-state index in [1.165, 1.54) is 32.4 Å². The Balaban J connectivity index is 0.000000170. The van der Waals surface area contributed by atoms with Crippen LogP contribution in [0.15, 0.2) is 80.6 Å². The maximum Gasteiger partial charge on any atom is 0.332 e. The molecule has 1 aromatic heterocycles.